The molecule has 1 aromatic rings. The van der Waals surface area contributed by atoms with Gasteiger partial charge in [0.25, 0.3) is 5.91 Å². The van der Waals surface area contributed by atoms with Crippen molar-refractivity contribution in [2.75, 3.05) is 13.2 Å². The first-order chi connectivity index (χ1) is 12.5. The van der Waals surface area contributed by atoms with E-state index in [1.807, 2.05) is 0 Å². The lowest BCUT2D eigenvalue weighted by Crippen LogP contribution is -2.50. The molecule has 0 unspecified atom stereocenters. The van der Waals surface area contributed by atoms with Crippen molar-refractivity contribution in [2.24, 2.45) is 0 Å². The fraction of sp³-hybridized carbons (Fsp3) is 0.471. The fourth-order valence-electron chi connectivity index (χ4n) is 2.78. The molecule has 1 aliphatic rings. The number of rotatable bonds is 7. The highest BCUT2D eigenvalue weighted by Gasteiger charge is 2.33. The topological polar surface area (TPSA) is 132 Å². The number of para-hydroxylation sites is 2. The highest BCUT2D eigenvalue weighted by atomic mass is 16.6. The molecule has 0 saturated heterocycles. The van der Waals surface area contributed by atoms with Gasteiger partial charge in [-0.1, -0.05) is 31.4 Å². The van der Waals surface area contributed by atoms with Crippen LogP contribution in [0.5, 0.6) is 5.75 Å². The lowest BCUT2D eigenvalue weighted by atomic mass is 9.83. The van der Waals surface area contributed by atoms with Crippen LogP contribution in [0.2, 0.25) is 0 Å². The summed E-state index contributed by atoms with van der Waals surface area (Å²) in [6.07, 6.45) is 3.89. The minimum atomic E-state index is -0.900. The highest BCUT2D eigenvalue weighted by Crippen LogP contribution is 2.27. The fourth-order valence-corrected chi connectivity index (χ4v) is 2.78. The number of carbonyl (C=O) groups is 2. The van der Waals surface area contributed by atoms with Crippen LogP contribution in [0.1, 0.15) is 32.1 Å². The van der Waals surface area contributed by atoms with Crippen molar-refractivity contribution in [1.29, 1.82) is 5.26 Å². The van der Waals surface area contributed by atoms with Gasteiger partial charge in [-0.25, -0.2) is 4.79 Å². The molecule has 1 aromatic carbocycles. The van der Waals surface area contributed by atoms with E-state index in [0.29, 0.717) is 12.8 Å². The van der Waals surface area contributed by atoms with E-state index in [4.69, 9.17) is 9.47 Å². The number of ether oxygens (including phenoxy) is 2. The van der Waals surface area contributed by atoms with Crippen LogP contribution in [0.3, 0.4) is 0 Å². The SMILES string of the molecule is N#CC1(NC(=O)COC(=O)COc2ccccc2[N+](=O)[O-])CCCCC1. The molecular formula is C17H19N3O6. The number of nitro benzene ring substituents is 1. The molecule has 0 radical (unpaired) electrons. The Hall–Kier alpha value is -3.15. The molecule has 2 rings (SSSR count). The van der Waals surface area contributed by atoms with E-state index >= 15 is 0 Å². The zero-order valence-electron chi connectivity index (χ0n) is 14.1. The molecule has 0 heterocycles. The minimum Gasteiger partial charge on any atom is -0.475 e. The quantitative estimate of drug-likeness (QED) is 0.445. The summed E-state index contributed by atoms with van der Waals surface area (Å²) in [6.45, 7) is -1.11. The minimum absolute atomic E-state index is 0.0652. The maximum atomic E-state index is 11.9. The Balaban J connectivity index is 1.79. The van der Waals surface area contributed by atoms with Gasteiger partial charge in [0, 0.05) is 6.07 Å². The maximum absolute atomic E-state index is 11.9. The summed E-state index contributed by atoms with van der Waals surface area (Å²) in [5, 5.41) is 22.8. The average Bonchev–Trinajstić information content (AvgIpc) is 2.65. The summed E-state index contributed by atoms with van der Waals surface area (Å²) in [4.78, 5) is 33.8. The molecule has 0 bridgehead atoms. The van der Waals surface area contributed by atoms with E-state index < -0.39 is 35.6 Å². The standard InChI is InChI=1S/C17H19N3O6/c18-12-17(8-4-1-5-9-17)19-15(21)10-26-16(22)11-25-14-7-3-2-6-13(14)20(23)24/h2-3,6-7H,1,4-5,8-11H2,(H,19,21). The molecule has 9 nitrogen and oxygen atoms in total. The van der Waals surface area contributed by atoms with Crippen LogP contribution >= 0.6 is 0 Å². The number of nitrogens with one attached hydrogen (secondary N) is 1. The Labute approximate surface area is 150 Å². The molecule has 1 N–H and O–H groups in total. The van der Waals surface area contributed by atoms with Crippen LogP contribution in [0.4, 0.5) is 5.69 Å². The van der Waals surface area contributed by atoms with Crippen molar-refractivity contribution in [2.45, 2.75) is 37.6 Å². The van der Waals surface area contributed by atoms with E-state index in [-0.39, 0.29) is 11.4 Å². The largest absolute Gasteiger partial charge is 0.475 e. The molecular weight excluding hydrogens is 342 g/mol. The van der Waals surface area contributed by atoms with Crippen LogP contribution in [-0.2, 0) is 14.3 Å². The van der Waals surface area contributed by atoms with Crippen LogP contribution in [0.25, 0.3) is 0 Å². The Bertz CT molecular complexity index is 721. The van der Waals surface area contributed by atoms with Gasteiger partial charge in [0.15, 0.2) is 19.0 Å². The molecule has 1 saturated carbocycles. The second-order valence-electron chi connectivity index (χ2n) is 5.98. The van der Waals surface area contributed by atoms with E-state index in [1.165, 1.54) is 24.3 Å². The number of hydrogen-bond acceptors (Lipinski definition) is 7. The van der Waals surface area contributed by atoms with Crippen LogP contribution in [0, 0.1) is 21.4 Å². The number of carbonyl (C=O) groups excluding carboxylic acids is 2. The smallest absolute Gasteiger partial charge is 0.344 e. The summed E-state index contributed by atoms with van der Waals surface area (Å²) >= 11 is 0. The Morgan fingerprint density at radius 1 is 1.23 bits per heavy atom. The molecule has 1 amide bonds. The molecule has 1 fully saturated rings. The third-order valence-corrected chi connectivity index (χ3v) is 4.07. The predicted molar refractivity (Wildman–Crippen MR) is 89.1 cm³/mol. The molecule has 0 aromatic heterocycles. The molecule has 9 heteroatoms. The van der Waals surface area contributed by atoms with Gasteiger partial charge in [-0.15, -0.1) is 0 Å². The summed E-state index contributed by atoms with van der Waals surface area (Å²) in [7, 11) is 0. The van der Waals surface area contributed by atoms with Gasteiger partial charge in [-0.05, 0) is 18.9 Å². The summed E-state index contributed by atoms with van der Waals surface area (Å²) < 4.78 is 9.88. The van der Waals surface area contributed by atoms with Crippen LogP contribution < -0.4 is 10.1 Å². The predicted octanol–water partition coefficient (Wildman–Crippen LogP) is 1.86. The van der Waals surface area contributed by atoms with E-state index in [1.54, 1.807) is 0 Å². The van der Waals surface area contributed by atoms with Gasteiger partial charge < -0.3 is 14.8 Å². The van der Waals surface area contributed by atoms with Gasteiger partial charge in [0.2, 0.25) is 0 Å². The van der Waals surface area contributed by atoms with Crippen molar-refractivity contribution in [3.8, 4) is 11.8 Å². The number of esters is 1. The van der Waals surface area contributed by atoms with E-state index in [2.05, 4.69) is 11.4 Å². The lowest BCUT2D eigenvalue weighted by molar-refractivity contribution is -0.385. The Kier molecular flexibility index (Phi) is 6.49. The summed E-state index contributed by atoms with van der Waals surface area (Å²) in [5.74, 6) is -1.47. The van der Waals surface area contributed by atoms with Crippen molar-refractivity contribution in [1.82, 2.24) is 5.32 Å². The van der Waals surface area contributed by atoms with Gasteiger partial charge >= 0.3 is 11.7 Å². The van der Waals surface area contributed by atoms with Crippen LogP contribution in [-0.4, -0.2) is 35.6 Å². The molecule has 0 spiro atoms. The second-order valence-corrected chi connectivity index (χ2v) is 5.98. The van der Waals surface area contributed by atoms with Gasteiger partial charge in [-0.2, -0.15) is 5.26 Å². The maximum Gasteiger partial charge on any atom is 0.344 e. The van der Waals surface area contributed by atoms with Gasteiger partial charge in [0.1, 0.15) is 5.54 Å². The molecule has 138 valence electrons. The van der Waals surface area contributed by atoms with Crippen LogP contribution in [0.15, 0.2) is 24.3 Å². The third-order valence-electron chi connectivity index (χ3n) is 4.07. The normalized spacial score (nSPS) is 15.3. The highest BCUT2D eigenvalue weighted by molar-refractivity contribution is 5.81. The first-order valence-corrected chi connectivity index (χ1v) is 8.20. The number of hydrogen-bond donors (Lipinski definition) is 1. The van der Waals surface area contributed by atoms with Crippen molar-refractivity contribution >= 4 is 17.6 Å². The van der Waals surface area contributed by atoms with Gasteiger partial charge in [-0.3, -0.25) is 14.9 Å². The van der Waals surface area contributed by atoms with Crippen molar-refractivity contribution < 1.29 is 24.0 Å². The first-order valence-electron chi connectivity index (χ1n) is 8.20. The molecule has 0 atom stereocenters. The number of nitrogens with zero attached hydrogens (tertiary/aromatic N) is 2. The monoisotopic (exact) mass is 361 g/mol. The number of benzene rings is 1. The van der Waals surface area contributed by atoms with Crippen molar-refractivity contribution in [3.05, 3.63) is 34.4 Å². The Morgan fingerprint density at radius 3 is 2.58 bits per heavy atom. The molecule has 26 heavy (non-hydrogen) atoms. The number of nitro groups is 1. The third kappa shape index (κ3) is 5.17. The summed E-state index contributed by atoms with van der Waals surface area (Å²) in [6, 6.07) is 7.76. The zero-order valence-corrected chi connectivity index (χ0v) is 14.1. The second kappa shape index (κ2) is 8.80. The Morgan fingerprint density at radius 2 is 1.92 bits per heavy atom. The zero-order chi connectivity index (χ0) is 19.0. The molecule has 0 aliphatic heterocycles. The molecule has 1 aliphatic carbocycles. The summed E-state index contributed by atoms with van der Waals surface area (Å²) in [5.41, 5.74) is -1.17. The van der Waals surface area contributed by atoms with E-state index in [0.717, 1.165) is 19.3 Å². The van der Waals surface area contributed by atoms with Gasteiger partial charge in [0.05, 0.1) is 11.0 Å². The van der Waals surface area contributed by atoms with Crippen molar-refractivity contribution in [3.63, 3.8) is 0 Å². The number of nitriles is 1. The van der Waals surface area contributed by atoms with E-state index in [9.17, 15) is 25.0 Å². The average molecular weight is 361 g/mol. The first kappa shape index (κ1) is 19.2. The lowest BCUT2D eigenvalue weighted by Gasteiger charge is -2.31. The number of amides is 1.